The van der Waals surface area contributed by atoms with Gasteiger partial charge in [0.25, 0.3) is 0 Å². The summed E-state index contributed by atoms with van der Waals surface area (Å²) in [7, 11) is -0.0560. The van der Waals surface area contributed by atoms with Gasteiger partial charge in [0.15, 0.2) is 0 Å². The first-order valence-electron chi connectivity index (χ1n) is 6.02. The molecule has 0 aromatic rings. The van der Waals surface area contributed by atoms with Crippen molar-refractivity contribution in [2.24, 2.45) is 0 Å². The Hall–Kier alpha value is -0.0551. The predicted molar refractivity (Wildman–Crippen MR) is 57.7 cm³/mol. The molecule has 3 fully saturated rings. The quantitative estimate of drug-likeness (QED) is 0.572. The number of fused-ring (bicyclic) bond motifs is 5. The zero-order valence-corrected chi connectivity index (χ0v) is 9.73. The van der Waals surface area contributed by atoms with Crippen molar-refractivity contribution in [1.82, 2.24) is 0 Å². The van der Waals surface area contributed by atoms with E-state index < -0.39 is 0 Å². The van der Waals surface area contributed by atoms with E-state index >= 15 is 0 Å². The summed E-state index contributed by atoms with van der Waals surface area (Å²) in [5.41, 5.74) is 0. The summed E-state index contributed by atoms with van der Waals surface area (Å²) in [5.74, 6) is 0. The first kappa shape index (κ1) is 10.1. The van der Waals surface area contributed by atoms with Crippen LogP contribution in [-0.4, -0.2) is 31.5 Å². The molecule has 84 valence electrons. The van der Waals surface area contributed by atoms with Gasteiger partial charge in [0, 0.05) is 0 Å². The summed E-state index contributed by atoms with van der Waals surface area (Å²) in [6, 6.07) is 0. The zero-order chi connectivity index (χ0) is 10.6. The molecule has 3 heterocycles. The molecule has 0 N–H and O–H groups in total. The Balaban J connectivity index is 1.77. The van der Waals surface area contributed by atoms with Gasteiger partial charge in [-0.25, -0.2) is 0 Å². The molecular weight excluding hydrogens is 191 g/mol. The van der Waals surface area contributed by atoms with Gasteiger partial charge in [-0.1, -0.05) is 20.8 Å². The summed E-state index contributed by atoms with van der Waals surface area (Å²) < 4.78 is 17.9. The van der Waals surface area contributed by atoms with Gasteiger partial charge in [-0.15, -0.1) is 0 Å². The second-order valence-corrected chi connectivity index (χ2v) is 6.04. The SMILES string of the molecule is CC(C)(C)B1OC2C3CCCC(O3)C2O1. The first-order valence-corrected chi connectivity index (χ1v) is 6.02. The summed E-state index contributed by atoms with van der Waals surface area (Å²) >= 11 is 0. The van der Waals surface area contributed by atoms with Crippen LogP contribution in [0.1, 0.15) is 40.0 Å². The fourth-order valence-electron chi connectivity index (χ4n) is 2.84. The molecule has 4 heteroatoms. The Morgan fingerprint density at radius 1 is 1.00 bits per heavy atom. The molecule has 3 aliphatic rings. The molecule has 4 atom stereocenters. The van der Waals surface area contributed by atoms with Crippen molar-refractivity contribution < 1.29 is 14.0 Å². The molecular formula is C11H19BO3. The molecule has 3 rings (SSSR count). The lowest BCUT2D eigenvalue weighted by Crippen LogP contribution is -2.34. The van der Waals surface area contributed by atoms with Gasteiger partial charge in [-0.05, 0) is 24.6 Å². The molecule has 0 spiro atoms. The molecule has 0 aromatic carbocycles. The van der Waals surface area contributed by atoms with Crippen molar-refractivity contribution in [2.45, 2.75) is 69.8 Å². The van der Waals surface area contributed by atoms with Gasteiger partial charge in [0.1, 0.15) is 0 Å². The van der Waals surface area contributed by atoms with Crippen molar-refractivity contribution in [3.8, 4) is 0 Å². The first-order chi connectivity index (χ1) is 7.05. The molecule has 3 nitrogen and oxygen atoms in total. The molecule has 0 amide bonds. The number of ether oxygens (including phenoxy) is 1. The molecule has 0 aromatic heterocycles. The van der Waals surface area contributed by atoms with Crippen LogP contribution in [0.4, 0.5) is 0 Å². The highest BCUT2D eigenvalue weighted by molar-refractivity contribution is 6.49. The Labute approximate surface area is 91.6 Å². The van der Waals surface area contributed by atoms with Crippen LogP contribution in [-0.2, 0) is 14.0 Å². The van der Waals surface area contributed by atoms with E-state index in [1.54, 1.807) is 0 Å². The zero-order valence-electron chi connectivity index (χ0n) is 9.73. The fraction of sp³-hybridized carbons (Fsp3) is 1.00. The van der Waals surface area contributed by atoms with Crippen LogP contribution < -0.4 is 0 Å². The maximum atomic E-state index is 6.02. The summed E-state index contributed by atoms with van der Waals surface area (Å²) in [4.78, 5) is 0. The molecule has 15 heavy (non-hydrogen) atoms. The van der Waals surface area contributed by atoms with E-state index in [2.05, 4.69) is 20.8 Å². The minimum Gasteiger partial charge on any atom is -0.402 e. The average molecular weight is 210 g/mol. The monoisotopic (exact) mass is 210 g/mol. The molecule has 4 unspecified atom stereocenters. The van der Waals surface area contributed by atoms with Crippen LogP contribution in [0.15, 0.2) is 0 Å². The second-order valence-electron chi connectivity index (χ2n) is 6.04. The number of hydrogen-bond donors (Lipinski definition) is 0. The topological polar surface area (TPSA) is 27.7 Å². The van der Waals surface area contributed by atoms with E-state index in [0.29, 0.717) is 12.2 Å². The lowest BCUT2D eigenvalue weighted by atomic mass is 9.61. The number of rotatable bonds is 0. The molecule has 2 bridgehead atoms. The van der Waals surface area contributed by atoms with Crippen molar-refractivity contribution in [1.29, 1.82) is 0 Å². The van der Waals surface area contributed by atoms with E-state index in [1.807, 2.05) is 0 Å². The van der Waals surface area contributed by atoms with Crippen LogP contribution in [0.25, 0.3) is 0 Å². The third-order valence-electron chi connectivity index (χ3n) is 3.65. The Kier molecular flexibility index (Phi) is 2.17. The Bertz CT molecular complexity index is 245. The molecule has 0 aliphatic carbocycles. The summed E-state index contributed by atoms with van der Waals surface area (Å²) in [6.45, 7) is 6.49. The smallest absolute Gasteiger partial charge is 0.402 e. The van der Waals surface area contributed by atoms with Crippen LogP contribution in [0, 0.1) is 0 Å². The largest absolute Gasteiger partial charge is 0.463 e. The minimum absolute atomic E-state index is 0.0560. The van der Waals surface area contributed by atoms with Crippen molar-refractivity contribution >= 4 is 7.12 Å². The Morgan fingerprint density at radius 3 is 2.00 bits per heavy atom. The number of hydrogen-bond acceptors (Lipinski definition) is 3. The van der Waals surface area contributed by atoms with Crippen LogP contribution >= 0.6 is 0 Å². The maximum absolute atomic E-state index is 6.02. The van der Waals surface area contributed by atoms with E-state index in [4.69, 9.17) is 14.0 Å². The normalized spacial score (nSPS) is 44.6. The van der Waals surface area contributed by atoms with E-state index in [0.717, 1.165) is 12.8 Å². The Morgan fingerprint density at radius 2 is 1.53 bits per heavy atom. The molecule has 0 radical (unpaired) electrons. The highest BCUT2D eigenvalue weighted by Gasteiger charge is 2.57. The van der Waals surface area contributed by atoms with E-state index in [1.165, 1.54) is 6.42 Å². The molecule has 3 aliphatic heterocycles. The second kappa shape index (κ2) is 3.22. The van der Waals surface area contributed by atoms with Gasteiger partial charge < -0.3 is 14.0 Å². The van der Waals surface area contributed by atoms with Crippen molar-refractivity contribution in [2.75, 3.05) is 0 Å². The van der Waals surface area contributed by atoms with Gasteiger partial charge >= 0.3 is 7.12 Å². The van der Waals surface area contributed by atoms with E-state index in [-0.39, 0.29) is 24.6 Å². The lowest BCUT2D eigenvalue weighted by molar-refractivity contribution is -0.0364. The summed E-state index contributed by atoms with van der Waals surface area (Å²) in [6.07, 6.45) is 4.51. The maximum Gasteiger partial charge on any atom is 0.463 e. The average Bonchev–Trinajstić information content (AvgIpc) is 2.68. The standard InChI is InChI=1S/C11H19BO3/c1-11(2,3)12-14-9-7-5-4-6-8(13-7)10(9)15-12/h7-10H,4-6H2,1-3H3. The third-order valence-corrected chi connectivity index (χ3v) is 3.65. The summed E-state index contributed by atoms with van der Waals surface area (Å²) in [5, 5.41) is 0.0681. The van der Waals surface area contributed by atoms with Gasteiger partial charge in [-0.3, -0.25) is 0 Å². The van der Waals surface area contributed by atoms with Gasteiger partial charge in [0.2, 0.25) is 0 Å². The molecule has 0 saturated carbocycles. The highest BCUT2D eigenvalue weighted by Crippen LogP contribution is 2.44. The van der Waals surface area contributed by atoms with Crippen molar-refractivity contribution in [3.63, 3.8) is 0 Å². The van der Waals surface area contributed by atoms with Gasteiger partial charge in [-0.2, -0.15) is 0 Å². The van der Waals surface area contributed by atoms with E-state index in [9.17, 15) is 0 Å². The van der Waals surface area contributed by atoms with Gasteiger partial charge in [0.05, 0.1) is 24.4 Å². The highest BCUT2D eigenvalue weighted by atomic mass is 16.7. The van der Waals surface area contributed by atoms with Crippen LogP contribution in [0.5, 0.6) is 0 Å². The fourth-order valence-corrected chi connectivity index (χ4v) is 2.84. The molecule has 3 saturated heterocycles. The minimum atomic E-state index is -0.0560. The lowest BCUT2D eigenvalue weighted by Gasteiger charge is -2.27. The van der Waals surface area contributed by atoms with Crippen LogP contribution in [0.3, 0.4) is 0 Å². The van der Waals surface area contributed by atoms with Crippen molar-refractivity contribution in [3.05, 3.63) is 0 Å². The predicted octanol–water partition coefficient (Wildman–Crippen LogP) is 2.01. The van der Waals surface area contributed by atoms with Crippen LogP contribution in [0.2, 0.25) is 5.31 Å². The third kappa shape index (κ3) is 1.54.